The Balaban J connectivity index is 3.11. The van der Waals surface area contributed by atoms with Crippen LogP contribution in [0.2, 0.25) is 0 Å². The van der Waals surface area contributed by atoms with Gasteiger partial charge in [0, 0.05) is 12.5 Å². The van der Waals surface area contributed by atoms with Crippen molar-refractivity contribution in [1.82, 2.24) is 4.98 Å². The molecule has 0 aliphatic heterocycles. The Hall–Kier alpha value is -1.45. The van der Waals surface area contributed by atoms with E-state index in [1.165, 1.54) is 13.2 Å². The van der Waals surface area contributed by atoms with Gasteiger partial charge in [-0.2, -0.15) is 0 Å². The molecule has 0 saturated heterocycles. The summed E-state index contributed by atoms with van der Waals surface area (Å²) in [6.45, 7) is 1.68. The Bertz CT molecular complexity index is 325. The summed E-state index contributed by atoms with van der Waals surface area (Å²) in [5.41, 5.74) is 0.0364. The van der Waals surface area contributed by atoms with Gasteiger partial charge < -0.3 is 4.74 Å². The maximum atomic E-state index is 13.0. The predicted octanol–water partition coefficient (Wildman–Crippen LogP) is 1.82. The highest BCUT2D eigenvalue weighted by atomic mass is 19.1. The van der Waals surface area contributed by atoms with Gasteiger partial charge in [-0.15, -0.1) is 0 Å². The molecular formula is C9H10FNO2. The minimum atomic E-state index is -0.604. The second kappa shape index (κ2) is 3.98. The molecule has 0 fully saturated rings. The van der Waals surface area contributed by atoms with Crippen LogP contribution in [0, 0.1) is 5.82 Å². The lowest BCUT2D eigenvalue weighted by Crippen LogP contribution is -2.02. The van der Waals surface area contributed by atoms with Crippen LogP contribution in [0.1, 0.15) is 23.7 Å². The molecule has 0 radical (unpaired) electrons. The van der Waals surface area contributed by atoms with Gasteiger partial charge in [-0.1, -0.05) is 6.92 Å². The van der Waals surface area contributed by atoms with Crippen LogP contribution in [-0.2, 0) is 0 Å². The molecule has 0 atom stereocenters. The molecule has 4 heteroatoms. The first-order chi connectivity index (χ1) is 6.19. The quantitative estimate of drug-likeness (QED) is 0.671. The second-order valence-electron chi connectivity index (χ2n) is 2.48. The number of Topliss-reactive ketones (excluding diaryl/α,β-unsaturated/α-hetero) is 1. The number of hydrogen-bond donors (Lipinski definition) is 0. The van der Waals surface area contributed by atoms with E-state index in [9.17, 15) is 9.18 Å². The Morgan fingerprint density at radius 2 is 2.38 bits per heavy atom. The first-order valence-corrected chi connectivity index (χ1v) is 3.91. The summed E-state index contributed by atoms with van der Waals surface area (Å²) in [6, 6.07) is 1.31. The highest BCUT2D eigenvalue weighted by Gasteiger charge is 2.11. The third-order valence-electron chi connectivity index (χ3n) is 1.66. The number of methoxy groups -OCH3 is 1. The summed E-state index contributed by atoms with van der Waals surface area (Å²) in [5, 5.41) is 0. The van der Waals surface area contributed by atoms with Crippen molar-refractivity contribution in [3.05, 3.63) is 23.6 Å². The van der Waals surface area contributed by atoms with Gasteiger partial charge in [0.05, 0.1) is 18.9 Å². The smallest absolute Gasteiger partial charge is 0.213 e. The zero-order valence-electron chi connectivity index (χ0n) is 7.50. The number of carbonyl (C=O) groups excluding carboxylic acids is 1. The van der Waals surface area contributed by atoms with Gasteiger partial charge in [0.2, 0.25) is 5.88 Å². The summed E-state index contributed by atoms with van der Waals surface area (Å²) in [7, 11) is 1.42. The molecule has 0 aliphatic rings. The van der Waals surface area contributed by atoms with Gasteiger partial charge in [-0.25, -0.2) is 9.37 Å². The summed E-state index contributed by atoms with van der Waals surface area (Å²) in [5.74, 6) is -0.607. The number of ketones is 1. The third-order valence-corrected chi connectivity index (χ3v) is 1.66. The molecule has 70 valence electrons. The van der Waals surface area contributed by atoms with Gasteiger partial charge in [0.15, 0.2) is 11.6 Å². The SMILES string of the molecule is CCC(=O)c1cc(OC)ncc1F. The minimum Gasteiger partial charge on any atom is -0.481 e. The Morgan fingerprint density at radius 3 is 2.92 bits per heavy atom. The highest BCUT2D eigenvalue weighted by molar-refractivity contribution is 5.96. The number of aromatic nitrogens is 1. The van der Waals surface area contributed by atoms with E-state index in [2.05, 4.69) is 4.98 Å². The number of halogens is 1. The first-order valence-electron chi connectivity index (χ1n) is 3.91. The van der Waals surface area contributed by atoms with Crippen LogP contribution in [0.4, 0.5) is 4.39 Å². The van der Waals surface area contributed by atoms with E-state index in [-0.39, 0.29) is 23.6 Å². The zero-order valence-corrected chi connectivity index (χ0v) is 7.50. The molecular weight excluding hydrogens is 173 g/mol. The van der Waals surface area contributed by atoms with Crippen LogP contribution in [0.5, 0.6) is 5.88 Å². The van der Waals surface area contributed by atoms with Crippen molar-refractivity contribution in [2.24, 2.45) is 0 Å². The van der Waals surface area contributed by atoms with Crippen molar-refractivity contribution >= 4 is 5.78 Å². The van der Waals surface area contributed by atoms with E-state index in [4.69, 9.17) is 4.74 Å². The molecule has 0 aliphatic carbocycles. The number of pyridine rings is 1. The molecule has 3 nitrogen and oxygen atoms in total. The number of ether oxygens (including phenoxy) is 1. The summed E-state index contributed by atoms with van der Waals surface area (Å²) >= 11 is 0. The van der Waals surface area contributed by atoms with Crippen LogP contribution >= 0.6 is 0 Å². The number of rotatable bonds is 3. The van der Waals surface area contributed by atoms with E-state index in [1.807, 2.05) is 0 Å². The lowest BCUT2D eigenvalue weighted by molar-refractivity contribution is 0.0983. The fourth-order valence-electron chi connectivity index (χ4n) is 0.935. The molecule has 0 bridgehead atoms. The van der Waals surface area contributed by atoms with Gasteiger partial charge in [0.1, 0.15) is 0 Å². The predicted molar refractivity (Wildman–Crippen MR) is 45.4 cm³/mol. The van der Waals surface area contributed by atoms with Crippen LogP contribution in [-0.4, -0.2) is 17.9 Å². The fourth-order valence-corrected chi connectivity index (χ4v) is 0.935. The summed E-state index contributed by atoms with van der Waals surface area (Å²) < 4.78 is 17.8. The Labute approximate surface area is 75.6 Å². The maximum Gasteiger partial charge on any atom is 0.213 e. The molecule has 1 heterocycles. The van der Waals surface area contributed by atoms with Gasteiger partial charge in [-0.05, 0) is 0 Å². The second-order valence-corrected chi connectivity index (χ2v) is 2.48. The molecule has 1 aromatic heterocycles. The number of carbonyl (C=O) groups is 1. The van der Waals surface area contributed by atoms with E-state index in [1.54, 1.807) is 6.92 Å². The number of hydrogen-bond acceptors (Lipinski definition) is 3. The van der Waals surface area contributed by atoms with Crippen molar-refractivity contribution in [1.29, 1.82) is 0 Å². The topological polar surface area (TPSA) is 39.2 Å². The van der Waals surface area contributed by atoms with Crippen molar-refractivity contribution in [3.8, 4) is 5.88 Å². The third kappa shape index (κ3) is 2.02. The van der Waals surface area contributed by atoms with E-state index in [0.717, 1.165) is 6.20 Å². The molecule has 1 aromatic rings. The average Bonchev–Trinajstić information content (AvgIpc) is 2.17. The maximum absolute atomic E-state index is 13.0. The normalized spacial score (nSPS) is 9.77. The van der Waals surface area contributed by atoms with Crippen molar-refractivity contribution in [2.75, 3.05) is 7.11 Å². The number of nitrogens with zero attached hydrogens (tertiary/aromatic N) is 1. The van der Waals surface area contributed by atoms with Gasteiger partial charge >= 0.3 is 0 Å². The van der Waals surface area contributed by atoms with E-state index < -0.39 is 5.82 Å². The van der Waals surface area contributed by atoms with Crippen molar-refractivity contribution in [2.45, 2.75) is 13.3 Å². The lowest BCUT2D eigenvalue weighted by Gasteiger charge is -2.02. The van der Waals surface area contributed by atoms with Gasteiger partial charge in [-0.3, -0.25) is 4.79 Å². The Morgan fingerprint density at radius 1 is 1.69 bits per heavy atom. The molecule has 0 unspecified atom stereocenters. The molecule has 1 rings (SSSR count). The fraction of sp³-hybridized carbons (Fsp3) is 0.333. The first kappa shape index (κ1) is 9.64. The summed E-state index contributed by atoms with van der Waals surface area (Å²) in [4.78, 5) is 14.8. The average molecular weight is 183 g/mol. The van der Waals surface area contributed by atoms with Crippen molar-refractivity contribution < 1.29 is 13.9 Å². The van der Waals surface area contributed by atoms with Crippen LogP contribution in [0.3, 0.4) is 0 Å². The largest absolute Gasteiger partial charge is 0.481 e. The lowest BCUT2D eigenvalue weighted by atomic mass is 10.1. The molecule has 0 aromatic carbocycles. The highest BCUT2D eigenvalue weighted by Crippen LogP contribution is 2.14. The van der Waals surface area contributed by atoms with Crippen molar-refractivity contribution in [3.63, 3.8) is 0 Å². The van der Waals surface area contributed by atoms with E-state index >= 15 is 0 Å². The standard InChI is InChI=1S/C9H10FNO2/c1-3-8(12)6-4-9(13-2)11-5-7(6)10/h4-5H,3H2,1-2H3. The molecule has 0 saturated carbocycles. The van der Waals surface area contributed by atoms with Crippen LogP contribution < -0.4 is 4.74 Å². The summed E-state index contributed by atoms with van der Waals surface area (Å²) in [6.07, 6.45) is 1.26. The Kier molecular flexibility index (Phi) is 2.95. The zero-order chi connectivity index (χ0) is 9.84. The minimum absolute atomic E-state index is 0.0364. The molecule has 13 heavy (non-hydrogen) atoms. The molecule has 0 N–H and O–H groups in total. The molecule has 0 amide bonds. The van der Waals surface area contributed by atoms with E-state index in [0.29, 0.717) is 0 Å². The molecule has 0 spiro atoms. The monoisotopic (exact) mass is 183 g/mol. The van der Waals surface area contributed by atoms with Gasteiger partial charge in [0.25, 0.3) is 0 Å². The van der Waals surface area contributed by atoms with Crippen LogP contribution in [0.15, 0.2) is 12.3 Å². The van der Waals surface area contributed by atoms with Crippen LogP contribution in [0.25, 0.3) is 0 Å².